The van der Waals surface area contributed by atoms with Crippen LogP contribution in [0.5, 0.6) is 0 Å². The Morgan fingerprint density at radius 3 is 2.58 bits per heavy atom. The predicted octanol–water partition coefficient (Wildman–Crippen LogP) is 4.16. The van der Waals surface area contributed by atoms with Gasteiger partial charge in [0, 0.05) is 17.6 Å². The van der Waals surface area contributed by atoms with Gasteiger partial charge in [-0.2, -0.15) is 10.1 Å². The number of halogens is 3. The quantitative estimate of drug-likeness (QED) is 0.725. The van der Waals surface area contributed by atoms with Crippen molar-refractivity contribution in [2.45, 2.75) is 6.54 Å². The van der Waals surface area contributed by atoms with E-state index in [9.17, 15) is 8.78 Å². The minimum absolute atomic E-state index is 0.0977. The zero-order chi connectivity index (χ0) is 16.9. The highest BCUT2D eigenvalue weighted by Gasteiger charge is 2.06. The van der Waals surface area contributed by atoms with Crippen molar-refractivity contribution in [3.05, 3.63) is 70.9 Å². The molecule has 122 valence electrons. The highest BCUT2D eigenvalue weighted by Crippen LogP contribution is 2.19. The number of aromatic nitrogens is 3. The van der Waals surface area contributed by atoms with E-state index in [1.54, 1.807) is 12.1 Å². The van der Waals surface area contributed by atoms with Crippen LogP contribution in [-0.2, 0) is 6.54 Å². The SMILES string of the molecule is Fc1ccc(Nc2cnnc(NCc3ccc(Cl)cc3)n2)c(F)c1. The van der Waals surface area contributed by atoms with Crippen LogP contribution < -0.4 is 10.6 Å². The molecule has 0 spiro atoms. The smallest absolute Gasteiger partial charge is 0.244 e. The van der Waals surface area contributed by atoms with Crippen LogP contribution >= 0.6 is 11.6 Å². The average Bonchev–Trinajstić information content (AvgIpc) is 2.57. The zero-order valence-corrected chi connectivity index (χ0v) is 13.1. The lowest BCUT2D eigenvalue weighted by atomic mass is 10.2. The molecule has 24 heavy (non-hydrogen) atoms. The van der Waals surface area contributed by atoms with Crippen molar-refractivity contribution >= 4 is 29.1 Å². The highest BCUT2D eigenvalue weighted by atomic mass is 35.5. The summed E-state index contributed by atoms with van der Waals surface area (Å²) in [7, 11) is 0. The van der Waals surface area contributed by atoms with E-state index in [0.717, 1.165) is 17.7 Å². The van der Waals surface area contributed by atoms with Crippen LogP contribution in [-0.4, -0.2) is 15.2 Å². The highest BCUT2D eigenvalue weighted by molar-refractivity contribution is 6.30. The van der Waals surface area contributed by atoms with Gasteiger partial charge in [0.15, 0.2) is 5.82 Å². The van der Waals surface area contributed by atoms with Gasteiger partial charge in [-0.1, -0.05) is 23.7 Å². The second kappa shape index (κ2) is 7.18. The fourth-order valence-electron chi connectivity index (χ4n) is 1.95. The molecule has 2 N–H and O–H groups in total. The maximum atomic E-state index is 13.6. The number of hydrogen-bond acceptors (Lipinski definition) is 5. The van der Waals surface area contributed by atoms with E-state index in [1.165, 1.54) is 12.3 Å². The Bertz CT molecular complexity index is 842. The first-order chi connectivity index (χ1) is 11.6. The summed E-state index contributed by atoms with van der Waals surface area (Å²) in [5, 5.41) is 14.1. The molecule has 2 aromatic carbocycles. The van der Waals surface area contributed by atoms with Gasteiger partial charge in [-0.25, -0.2) is 8.78 Å². The van der Waals surface area contributed by atoms with Crippen molar-refractivity contribution < 1.29 is 8.78 Å². The molecular formula is C16H12ClF2N5. The number of benzene rings is 2. The maximum absolute atomic E-state index is 13.6. The molecule has 8 heteroatoms. The standard InChI is InChI=1S/C16H12ClF2N5/c17-11-3-1-10(2-4-11)8-20-16-23-15(9-21-24-16)22-14-6-5-12(18)7-13(14)19/h1-7,9H,8H2,(H2,20,22,23,24). The van der Waals surface area contributed by atoms with E-state index >= 15 is 0 Å². The van der Waals surface area contributed by atoms with Gasteiger partial charge in [0.25, 0.3) is 0 Å². The molecule has 0 atom stereocenters. The third-order valence-electron chi connectivity index (χ3n) is 3.12. The summed E-state index contributed by atoms with van der Waals surface area (Å²) < 4.78 is 26.6. The topological polar surface area (TPSA) is 62.7 Å². The van der Waals surface area contributed by atoms with Crippen molar-refractivity contribution in [1.29, 1.82) is 0 Å². The Hall–Kier alpha value is -2.80. The Kier molecular flexibility index (Phi) is 4.81. The van der Waals surface area contributed by atoms with Crippen LogP contribution in [0.2, 0.25) is 5.02 Å². The predicted molar refractivity (Wildman–Crippen MR) is 88.2 cm³/mol. The number of rotatable bonds is 5. The maximum Gasteiger partial charge on any atom is 0.244 e. The number of hydrogen-bond donors (Lipinski definition) is 2. The molecule has 0 aliphatic carbocycles. The van der Waals surface area contributed by atoms with E-state index in [2.05, 4.69) is 25.8 Å². The third kappa shape index (κ3) is 4.14. The molecule has 0 amide bonds. The van der Waals surface area contributed by atoms with E-state index in [-0.39, 0.29) is 17.5 Å². The summed E-state index contributed by atoms with van der Waals surface area (Å²) in [6.07, 6.45) is 1.34. The van der Waals surface area contributed by atoms with Gasteiger partial charge in [-0.15, -0.1) is 5.10 Å². The summed E-state index contributed by atoms with van der Waals surface area (Å²) in [4.78, 5) is 4.18. The molecule has 3 rings (SSSR count). The molecule has 0 radical (unpaired) electrons. The molecule has 0 aliphatic rings. The lowest BCUT2D eigenvalue weighted by Crippen LogP contribution is -2.06. The lowest BCUT2D eigenvalue weighted by molar-refractivity contribution is 0.586. The van der Waals surface area contributed by atoms with Crippen LogP contribution in [0, 0.1) is 11.6 Å². The second-order valence-electron chi connectivity index (χ2n) is 4.89. The Morgan fingerprint density at radius 1 is 1.04 bits per heavy atom. The fourth-order valence-corrected chi connectivity index (χ4v) is 2.08. The van der Waals surface area contributed by atoms with Gasteiger partial charge >= 0.3 is 0 Å². The van der Waals surface area contributed by atoms with Crippen LogP contribution in [0.25, 0.3) is 0 Å². The van der Waals surface area contributed by atoms with Crippen LogP contribution in [0.1, 0.15) is 5.56 Å². The number of nitrogens with zero attached hydrogens (tertiary/aromatic N) is 3. The summed E-state index contributed by atoms with van der Waals surface area (Å²) in [5.74, 6) is -0.806. The van der Waals surface area contributed by atoms with Gasteiger partial charge < -0.3 is 10.6 Å². The van der Waals surface area contributed by atoms with Gasteiger partial charge in [-0.05, 0) is 29.8 Å². The van der Waals surface area contributed by atoms with Crippen LogP contribution in [0.3, 0.4) is 0 Å². The van der Waals surface area contributed by atoms with E-state index in [0.29, 0.717) is 11.6 Å². The fraction of sp³-hybridized carbons (Fsp3) is 0.0625. The first-order valence-corrected chi connectivity index (χ1v) is 7.38. The molecule has 0 bridgehead atoms. The molecule has 5 nitrogen and oxygen atoms in total. The molecule has 3 aromatic rings. The summed E-state index contributed by atoms with van der Waals surface area (Å²) in [6, 6.07) is 10.5. The number of anilines is 3. The van der Waals surface area contributed by atoms with Crippen molar-refractivity contribution in [3.63, 3.8) is 0 Å². The van der Waals surface area contributed by atoms with E-state index < -0.39 is 11.6 Å². The first kappa shape index (κ1) is 16.1. The third-order valence-corrected chi connectivity index (χ3v) is 3.37. The first-order valence-electron chi connectivity index (χ1n) is 7.00. The average molecular weight is 348 g/mol. The van der Waals surface area contributed by atoms with Crippen LogP contribution in [0.15, 0.2) is 48.7 Å². The molecule has 0 saturated heterocycles. The summed E-state index contributed by atoms with van der Waals surface area (Å²) >= 11 is 5.83. The molecule has 0 saturated carbocycles. The van der Waals surface area contributed by atoms with Gasteiger partial charge in [-0.3, -0.25) is 0 Å². The summed E-state index contributed by atoms with van der Waals surface area (Å²) in [6.45, 7) is 0.479. The Morgan fingerprint density at radius 2 is 1.83 bits per heavy atom. The van der Waals surface area contributed by atoms with Crippen molar-refractivity contribution in [2.24, 2.45) is 0 Å². The van der Waals surface area contributed by atoms with Gasteiger partial charge in [0.1, 0.15) is 11.6 Å². The van der Waals surface area contributed by atoms with Crippen molar-refractivity contribution in [1.82, 2.24) is 15.2 Å². The molecular weight excluding hydrogens is 336 g/mol. The monoisotopic (exact) mass is 347 g/mol. The van der Waals surface area contributed by atoms with Crippen molar-refractivity contribution in [3.8, 4) is 0 Å². The second-order valence-corrected chi connectivity index (χ2v) is 5.33. The molecule has 0 fully saturated rings. The Balaban J connectivity index is 1.68. The largest absolute Gasteiger partial charge is 0.349 e. The minimum atomic E-state index is -0.718. The van der Waals surface area contributed by atoms with E-state index in [4.69, 9.17) is 11.6 Å². The zero-order valence-electron chi connectivity index (χ0n) is 12.3. The normalized spacial score (nSPS) is 10.5. The Labute approximate surface area is 141 Å². The van der Waals surface area contributed by atoms with Gasteiger partial charge in [0.05, 0.1) is 11.9 Å². The molecule has 0 unspecified atom stereocenters. The number of nitrogens with one attached hydrogen (secondary N) is 2. The van der Waals surface area contributed by atoms with Crippen LogP contribution in [0.4, 0.5) is 26.2 Å². The molecule has 1 heterocycles. The van der Waals surface area contributed by atoms with Gasteiger partial charge in [0.2, 0.25) is 5.95 Å². The molecule has 0 aliphatic heterocycles. The lowest BCUT2D eigenvalue weighted by Gasteiger charge is -2.08. The minimum Gasteiger partial charge on any atom is -0.349 e. The van der Waals surface area contributed by atoms with Crippen molar-refractivity contribution in [2.75, 3.05) is 10.6 Å². The van der Waals surface area contributed by atoms with E-state index in [1.807, 2.05) is 12.1 Å². The summed E-state index contributed by atoms with van der Waals surface area (Å²) in [5.41, 5.74) is 1.09. The molecule has 1 aromatic heterocycles.